The second-order valence-electron chi connectivity index (χ2n) is 2.96. The zero-order valence-electron chi connectivity index (χ0n) is 6.32. The van der Waals surface area contributed by atoms with Crippen molar-refractivity contribution in [3.05, 3.63) is 0 Å². The Morgan fingerprint density at radius 3 is 2.64 bits per heavy atom. The molecule has 0 aromatic carbocycles. The molecule has 0 saturated heterocycles. The Morgan fingerprint density at radius 2 is 2.36 bits per heavy atom. The molecule has 1 aliphatic rings. The van der Waals surface area contributed by atoms with Crippen LogP contribution in [0.15, 0.2) is 0 Å². The number of aliphatic carboxylic acids is 1. The van der Waals surface area contributed by atoms with Crippen molar-refractivity contribution in [2.75, 3.05) is 0 Å². The highest BCUT2D eigenvalue weighted by atomic mass is 16.6. The molecule has 0 heterocycles. The van der Waals surface area contributed by atoms with E-state index in [0.29, 0.717) is 5.92 Å². The molecule has 4 nitrogen and oxygen atoms in total. The van der Waals surface area contributed by atoms with Crippen molar-refractivity contribution in [3.63, 3.8) is 0 Å². The van der Waals surface area contributed by atoms with Crippen LogP contribution in [0.3, 0.4) is 0 Å². The van der Waals surface area contributed by atoms with Gasteiger partial charge in [-0.1, -0.05) is 6.42 Å². The minimum atomic E-state index is -0.840. The van der Waals surface area contributed by atoms with Gasteiger partial charge < -0.3 is 9.94 Å². The summed E-state index contributed by atoms with van der Waals surface area (Å²) in [5.74, 6) is 4.50. The number of carbonyl (C=O) groups is 1. The van der Waals surface area contributed by atoms with Gasteiger partial charge in [-0.3, -0.25) is 4.79 Å². The lowest BCUT2D eigenvalue weighted by atomic mass is 9.80. The predicted octanol–water partition coefficient (Wildman–Crippen LogP) is 0.520. The first kappa shape index (κ1) is 8.49. The number of rotatable bonds is 4. The van der Waals surface area contributed by atoms with Gasteiger partial charge in [-0.25, -0.2) is 5.90 Å². The smallest absolute Gasteiger partial charge is 0.306 e. The summed E-state index contributed by atoms with van der Waals surface area (Å²) >= 11 is 0. The van der Waals surface area contributed by atoms with Crippen molar-refractivity contribution in [1.29, 1.82) is 0 Å². The van der Waals surface area contributed by atoms with Gasteiger partial charge in [-0.15, -0.1) is 0 Å². The first-order chi connectivity index (χ1) is 5.24. The van der Waals surface area contributed by atoms with Crippen LogP contribution in [0, 0.1) is 5.92 Å². The molecule has 1 unspecified atom stereocenters. The van der Waals surface area contributed by atoms with Crippen molar-refractivity contribution in [2.24, 2.45) is 11.8 Å². The third-order valence-corrected chi connectivity index (χ3v) is 2.23. The van der Waals surface area contributed by atoms with Crippen LogP contribution in [-0.2, 0) is 9.63 Å². The summed E-state index contributed by atoms with van der Waals surface area (Å²) in [6.45, 7) is 0. The lowest BCUT2D eigenvalue weighted by molar-refractivity contribution is -0.142. The Kier molecular flexibility index (Phi) is 2.84. The number of carboxylic acids is 1. The zero-order valence-corrected chi connectivity index (χ0v) is 6.32. The highest BCUT2D eigenvalue weighted by Crippen LogP contribution is 2.31. The van der Waals surface area contributed by atoms with E-state index in [9.17, 15) is 4.79 Å². The Bertz CT molecular complexity index is 145. The van der Waals surface area contributed by atoms with Crippen molar-refractivity contribution in [2.45, 2.75) is 31.8 Å². The van der Waals surface area contributed by atoms with Gasteiger partial charge in [-0.2, -0.15) is 0 Å². The average Bonchev–Trinajstić information content (AvgIpc) is 1.81. The Labute approximate surface area is 65.3 Å². The second-order valence-corrected chi connectivity index (χ2v) is 2.96. The van der Waals surface area contributed by atoms with E-state index in [2.05, 4.69) is 4.84 Å². The molecule has 64 valence electrons. The fraction of sp³-hybridized carbons (Fsp3) is 0.857. The van der Waals surface area contributed by atoms with Gasteiger partial charge in [0.2, 0.25) is 0 Å². The molecule has 0 bridgehead atoms. The van der Waals surface area contributed by atoms with E-state index in [0.717, 1.165) is 12.8 Å². The molecule has 0 aliphatic heterocycles. The average molecular weight is 159 g/mol. The lowest BCUT2D eigenvalue weighted by Crippen LogP contribution is -2.33. The van der Waals surface area contributed by atoms with Gasteiger partial charge in [0.05, 0.1) is 12.5 Å². The van der Waals surface area contributed by atoms with Gasteiger partial charge in [0.1, 0.15) is 0 Å². The third-order valence-electron chi connectivity index (χ3n) is 2.23. The SMILES string of the molecule is NOC(CC(=O)O)C1CCC1. The van der Waals surface area contributed by atoms with Gasteiger partial charge in [-0.05, 0) is 18.8 Å². The molecule has 1 saturated carbocycles. The number of hydrogen-bond donors (Lipinski definition) is 2. The number of nitrogens with two attached hydrogens (primary N) is 1. The first-order valence-electron chi connectivity index (χ1n) is 3.81. The largest absolute Gasteiger partial charge is 0.481 e. The molecule has 0 aromatic rings. The van der Waals surface area contributed by atoms with Crippen LogP contribution in [0.4, 0.5) is 0 Å². The Morgan fingerprint density at radius 1 is 1.73 bits per heavy atom. The fourth-order valence-electron chi connectivity index (χ4n) is 1.31. The van der Waals surface area contributed by atoms with Crippen molar-refractivity contribution >= 4 is 5.97 Å². The number of carboxylic acid groups (broad SMARTS) is 1. The second kappa shape index (κ2) is 3.69. The fourth-order valence-corrected chi connectivity index (χ4v) is 1.31. The van der Waals surface area contributed by atoms with Crippen LogP contribution < -0.4 is 5.90 Å². The van der Waals surface area contributed by atoms with Crippen LogP contribution in [-0.4, -0.2) is 17.2 Å². The standard InChI is InChI=1S/C7H13NO3/c8-11-6(4-7(9)10)5-2-1-3-5/h5-6H,1-4,8H2,(H,9,10). The first-order valence-corrected chi connectivity index (χ1v) is 3.81. The van der Waals surface area contributed by atoms with Crippen LogP contribution in [0.2, 0.25) is 0 Å². The molecule has 0 spiro atoms. The summed E-state index contributed by atoms with van der Waals surface area (Å²) < 4.78 is 0. The van der Waals surface area contributed by atoms with E-state index < -0.39 is 5.97 Å². The maximum atomic E-state index is 10.3. The molecule has 3 N–H and O–H groups in total. The van der Waals surface area contributed by atoms with Gasteiger partial charge in [0, 0.05) is 0 Å². The predicted molar refractivity (Wildman–Crippen MR) is 38.7 cm³/mol. The van der Waals surface area contributed by atoms with Gasteiger partial charge in [0.15, 0.2) is 0 Å². The summed E-state index contributed by atoms with van der Waals surface area (Å²) in [6.07, 6.45) is 3.02. The van der Waals surface area contributed by atoms with Crippen LogP contribution in [0.5, 0.6) is 0 Å². The monoisotopic (exact) mass is 159 g/mol. The molecule has 1 fully saturated rings. The summed E-state index contributed by atoms with van der Waals surface area (Å²) in [6, 6.07) is 0. The van der Waals surface area contributed by atoms with E-state index in [-0.39, 0.29) is 12.5 Å². The normalized spacial score (nSPS) is 20.8. The van der Waals surface area contributed by atoms with Gasteiger partial charge in [0.25, 0.3) is 0 Å². The molecule has 0 aromatic heterocycles. The summed E-state index contributed by atoms with van der Waals surface area (Å²) in [5, 5.41) is 8.45. The molecule has 1 atom stereocenters. The van der Waals surface area contributed by atoms with Crippen LogP contribution in [0.1, 0.15) is 25.7 Å². The van der Waals surface area contributed by atoms with Gasteiger partial charge >= 0.3 is 5.97 Å². The number of hydrogen-bond acceptors (Lipinski definition) is 3. The molecular weight excluding hydrogens is 146 g/mol. The molecule has 1 rings (SSSR count). The van der Waals surface area contributed by atoms with E-state index in [1.54, 1.807) is 0 Å². The van der Waals surface area contributed by atoms with E-state index in [1.165, 1.54) is 6.42 Å². The summed E-state index contributed by atoms with van der Waals surface area (Å²) in [5.41, 5.74) is 0. The van der Waals surface area contributed by atoms with Crippen molar-refractivity contribution < 1.29 is 14.7 Å². The van der Waals surface area contributed by atoms with E-state index in [4.69, 9.17) is 11.0 Å². The maximum absolute atomic E-state index is 10.3. The topological polar surface area (TPSA) is 72.5 Å². The molecular formula is C7H13NO3. The quantitative estimate of drug-likeness (QED) is 0.586. The van der Waals surface area contributed by atoms with Crippen LogP contribution in [0.25, 0.3) is 0 Å². The molecule has 0 amide bonds. The molecule has 11 heavy (non-hydrogen) atoms. The highest BCUT2D eigenvalue weighted by Gasteiger charge is 2.29. The minimum absolute atomic E-state index is 0.0289. The molecule has 1 aliphatic carbocycles. The Hall–Kier alpha value is -0.610. The summed E-state index contributed by atoms with van der Waals surface area (Å²) in [7, 11) is 0. The summed E-state index contributed by atoms with van der Waals surface area (Å²) in [4.78, 5) is 14.9. The van der Waals surface area contributed by atoms with Crippen molar-refractivity contribution in [3.8, 4) is 0 Å². The van der Waals surface area contributed by atoms with E-state index >= 15 is 0 Å². The molecule has 0 radical (unpaired) electrons. The molecule has 4 heteroatoms. The van der Waals surface area contributed by atoms with Crippen LogP contribution >= 0.6 is 0 Å². The Balaban J connectivity index is 2.29. The zero-order chi connectivity index (χ0) is 8.27. The minimum Gasteiger partial charge on any atom is -0.481 e. The van der Waals surface area contributed by atoms with Crippen molar-refractivity contribution in [1.82, 2.24) is 0 Å². The lowest BCUT2D eigenvalue weighted by Gasteiger charge is -2.31. The van der Waals surface area contributed by atoms with E-state index in [1.807, 2.05) is 0 Å². The maximum Gasteiger partial charge on any atom is 0.306 e. The highest BCUT2D eigenvalue weighted by molar-refractivity contribution is 5.67. The third kappa shape index (κ3) is 2.17.